The third-order valence-corrected chi connectivity index (χ3v) is 4.41. The Morgan fingerprint density at radius 2 is 2.19 bits per heavy atom. The van der Waals surface area contributed by atoms with Crippen LogP contribution >= 0.6 is 15.9 Å². The molecule has 1 saturated carbocycles. The van der Waals surface area contributed by atoms with Gasteiger partial charge in [0.25, 0.3) is 5.91 Å². The molecule has 1 amide bonds. The van der Waals surface area contributed by atoms with Gasteiger partial charge in [0.1, 0.15) is 5.75 Å². The first-order valence-electron chi connectivity index (χ1n) is 7.27. The quantitative estimate of drug-likeness (QED) is 0.826. The Labute approximate surface area is 133 Å². The Bertz CT molecular complexity index is 518. The molecule has 0 radical (unpaired) electrons. The summed E-state index contributed by atoms with van der Waals surface area (Å²) < 4.78 is 6.26. The maximum atomic E-state index is 12.0. The average Bonchev–Trinajstić information content (AvgIpc) is 2.48. The number of hydrogen-bond acceptors (Lipinski definition) is 3. The molecule has 21 heavy (non-hydrogen) atoms. The summed E-state index contributed by atoms with van der Waals surface area (Å²) in [5.74, 6) is 0.814. The van der Waals surface area contributed by atoms with Crippen LogP contribution in [-0.4, -0.2) is 24.8 Å². The number of aldehydes is 1. The van der Waals surface area contributed by atoms with E-state index in [2.05, 4.69) is 28.2 Å². The number of nitrogens with one attached hydrogen (secondary N) is 1. The molecule has 1 aliphatic rings. The highest BCUT2D eigenvalue weighted by atomic mass is 79.9. The van der Waals surface area contributed by atoms with Crippen molar-refractivity contribution in [3.05, 3.63) is 28.2 Å². The maximum Gasteiger partial charge on any atom is 0.258 e. The third kappa shape index (κ3) is 4.56. The third-order valence-electron chi connectivity index (χ3n) is 3.92. The van der Waals surface area contributed by atoms with Crippen molar-refractivity contribution in [3.8, 4) is 5.75 Å². The van der Waals surface area contributed by atoms with E-state index in [1.54, 1.807) is 18.2 Å². The van der Waals surface area contributed by atoms with Crippen LogP contribution in [-0.2, 0) is 4.79 Å². The minimum Gasteiger partial charge on any atom is -0.483 e. The van der Waals surface area contributed by atoms with E-state index >= 15 is 0 Å². The minimum atomic E-state index is -0.131. The summed E-state index contributed by atoms with van der Waals surface area (Å²) in [5.41, 5.74) is 0.434. The fourth-order valence-electron chi connectivity index (χ4n) is 2.67. The van der Waals surface area contributed by atoms with E-state index in [-0.39, 0.29) is 18.6 Å². The summed E-state index contributed by atoms with van der Waals surface area (Å²) in [5, 5.41) is 3.03. The largest absolute Gasteiger partial charge is 0.483 e. The molecule has 1 aromatic rings. The second kappa shape index (κ2) is 7.59. The standard InChI is InChI=1S/C16H20BrNO3/c1-11-4-2-3-5-14(11)18-16(20)10-21-15-7-6-13(17)8-12(15)9-19/h6-9,11,14H,2-5,10H2,1H3,(H,18,20)/t11-,14+/m1/s1. The van der Waals surface area contributed by atoms with Crippen molar-refractivity contribution in [1.82, 2.24) is 5.32 Å². The summed E-state index contributed by atoms with van der Waals surface area (Å²) in [6.07, 6.45) is 5.32. The van der Waals surface area contributed by atoms with Gasteiger partial charge < -0.3 is 10.1 Å². The molecule has 0 unspecified atom stereocenters. The summed E-state index contributed by atoms with van der Waals surface area (Å²) in [6.45, 7) is 2.11. The number of rotatable bonds is 5. The van der Waals surface area contributed by atoms with Crippen LogP contribution in [0.2, 0.25) is 0 Å². The first kappa shape index (κ1) is 16.0. The molecule has 1 fully saturated rings. The predicted molar refractivity (Wildman–Crippen MR) is 84.6 cm³/mol. The highest BCUT2D eigenvalue weighted by molar-refractivity contribution is 9.10. The zero-order chi connectivity index (χ0) is 15.2. The molecule has 1 aromatic carbocycles. The van der Waals surface area contributed by atoms with E-state index < -0.39 is 0 Å². The summed E-state index contributed by atoms with van der Waals surface area (Å²) in [7, 11) is 0. The van der Waals surface area contributed by atoms with Crippen LogP contribution < -0.4 is 10.1 Å². The van der Waals surface area contributed by atoms with Crippen molar-refractivity contribution in [3.63, 3.8) is 0 Å². The van der Waals surface area contributed by atoms with Gasteiger partial charge in [-0.2, -0.15) is 0 Å². The van der Waals surface area contributed by atoms with Crippen LogP contribution in [0.3, 0.4) is 0 Å². The monoisotopic (exact) mass is 353 g/mol. The van der Waals surface area contributed by atoms with Gasteiger partial charge in [0.2, 0.25) is 0 Å². The highest BCUT2D eigenvalue weighted by Crippen LogP contribution is 2.24. The lowest BCUT2D eigenvalue weighted by Crippen LogP contribution is -2.43. The molecule has 1 N–H and O–H groups in total. The van der Waals surface area contributed by atoms with Crippen LogP contribution in [0.4, 0.5) is 0 Å². The van der Waals surface area contributed by atoms with Gasteiger partial charge in [0, 0.05) is 10.5 Å². The minimum absolute atomic E-state index is 0.0638. The molecule has 1 aliphatic carbocycles. The fourth-order valence-corrected chi connectivity index (χ4v) is 3.04. The average molecular weight is 354 g/mol. The summed E-state index contributed by atoms with van der Waals surface area (Å²) >= 11 is 3.30. The van der Waals surface area contributed by atoms with Gasteiger partial charge in [0.15, 0.2) is 12.9 Å². The van der Waals surface area contributed by atoms with E-state index in [9.17, 15) is 9.59 Å². The summed E-state index contributed by atoms with van der Waals surface area (Å²) in [4.78, 5) is 22.9. The van der Waals surface area contributed by atoms with Crippen LogP contribution in [0.25, 0.3) is 0 Å². The number of halogens is 1. The normalized spacial score (nSPS) is 21.6. The molecule has 0 saturated heterocycles. The lowest BCUT2D eigenvalue weighted by Gasteiger charge is -2.29. The van der Waals surface area contributed by atoms with E-state index in [1.165, 1.54) is 6.42 Å². The molecule has 114 valence electrons. The number of amides is 1. The van der Waals surface area contributed by atoms with E-state index in [0.717, 1.165) is 30.0 Å². The predicted octanol–water partition coefficient (Wildman–Crippen LogP) is 3.34. The Morgan fingerprint density at radius 1 is 1.43 bits per heavy atom. The summed E-state index contributed by atoms with van der Waals surface area (Å²) in [6, 6.07) is 5.38. The van der Waals surface area contributed by atoms with Crippen molar-refractivity contribution in [1.29, 1.82) is 0 Å². The molecule has 2 atom stereocenters. The van der Waals surface area contributed by atoms with E-state index in [4.69, 9.17) is 4.74 Å². The number of benzene rings is 1. The molecule has 5 heteroatoms. The molecule has 0 spiro atoms. The molecular weight excluding hydrogens is 334 g/mol. The number of ether oxygens (including phenoxy) is 1. The van der Waals surface area contributed by atoms with Gasteiger partial charge in [-0.1, -0.05) is 35.7 Å². The van der Waals surface area contributed by atoms with Crippen molar-refractivity contribution in [2.24, 2.45) is 5.92 Å². The van der Waals surface area contributed by atoms with Gasteiger partial charge in [-0.25, -0.2) is 0 Å². The Hall–Kier alpha value is -1.36. The van der Waals surface area contributed by atoms with Crippen LogP contribution in [0.15, 0.2) is 22.7 Å². The zero-order valence-electron chi connectivity index (χ0n) is 12.1. The second-order valence-electron chi connectivity index (χ2n) is 5.52. The number of carbonyl (C=O) groups is 2. The van der Waals surface area contributed by atoms with Gasteiger partial charge in [-0.05, 0) is 37.0 Å². The van der Waals surface area contributed by atoms with Gasteiger partial charge in [-0.3, -0.25) is 9.59 Å². The van der Waals surface area contributed by atoms with Gasteiger partial charge >= 0.3 is 0 Å². The van der Waals surface area contributed by atoms with E-state index in [0.29, 0.717) is 17.2 Å². The molecule has 4 nitrogen and oxygen atoms in total. The Kier molecular flexibility index (Phi) is 5.79. The smallest absolute Gasteiger partial charge is 0.258 e. The topological polar surface area (TPSA) is 55.4 Å². The molecule has 0 bridgehead atoms. The fraction of sp³-hybridized carbons (Fsp3) is 0.500. The molecule has 2 rings (SSSR count). The van der Waals surface area contributed by atoms with Crippen molar-refractivity contribution >= 4 is 28.1 Å². The molecular formula is C16H20BrNO3. The van der Waals surface area contributed by atoms with Gasteiger partial charge in [0.05, 0.1) is 5.56 Å². The van der Waals surface area contributed by atoms with Crippen LogP contribution in [0.5, 0.6) is 5.75 Å². The lowest BCUT2D eigenvalue weighted by atomic mass is 9.86. The first-order chi connectivity index (χ1) is 10.1. The SMILES string of the molecule is C[C@@H]1CCCC[C@@H]1NC(=O)COc1ccc(Br)cc1C=O. The zero-order valence-corrected chi connectivity index (χ0v) is 13.7. The van der Waals surface area contributed by atoms with Crippen molar-refractivity contribution in [2.45, 2.75) is 38.6 Å². The Balaban J connectivity index is 1.87. The highest BCUT2D eigenvalue weighted by Gasteiger charge is 2.22. The second-order valence-corrected chi connectivity index (χ2v) is 6.44. The number of hydrogen-bond donors (Lipinski definition) is 1. The lowest BCUT2D eigenvalue weighted by molar-refractivity contribution is -0.124. The van der Waals surface area contributed by atoms with Gasteiger partial charge in [-0.15, -0.1) is 0 Å². The number of carbonyl (C=O) groups excluding carboxylic acids is 2. The Morgan fingerprint density at radius 3 is 2.90 bits per heavy atom. The molecule has 0 aromatic heterocycles. The first-order valence-corrected chi connectivity index (χ1v) is 8.06. The maximum absolute atomic E-state index is 12.0. The van der Waals surface area contributed by atoms with Crippen LogP contribution in [0, 0.1) is 5.92 Å². The van der Waals surface area contributed by atoms with Crippen LogP contribution in [0.1, 0.15) is 43.0 Å². The van der Waals surface area contributed by atoms with Crippen molar-refractivity contribution in [2.75, 3.05) is 6.61 Å². The van der Waals surface area contributed by atoms with Crippen molar-refractivity contribution < 1.29 is 14.3 Å². The molecule has 0 aliphatic heterocycles. The molecule has 0 heterocycles. The van der Waals surface area contributed by atoms with E-state index in [1.807, 2.05) is 0 Å².